The second-order valence-corrected chi connectivity index (χ2v) is 10.6. The van der Waals surface area contributed by atoms with Crippen molar-refractivity contribution in [2.45, 2.75) is 32.2 Å². The van der Waals surface area contributed by atoms with E-state index in [-0.39, 0.29) is 17.3 Å². The van der Waals surface area contributed by atoms with Crippen LogP contribution in [-0.4, -0.2) is 45.4 Å². The van der Waals surface area contributed by atoms with Crippen LogP contribution < -0.4 is 9.62 Å². The van der Waals surface area contributed by atoms with E-state index in [1.54, 1.807) is 48.5 Å². The summed E-state index contributed by atoms with van der Waals surface area (Å²) in [6.07, 6.45) is 0. The zero-order valence-electron chi connectivity index (χ0n) is 19.9. The van der Waals surface area contributed by atoms with Crippen LogP contribution in [0.1, 0.15) is 32.6 Å². The first kappa shape index (κ1) is 24.0. The molecule has 0 aromatic heterocycles. The number of anilines is 1. The van der Waals surface area contributed by atoms with E-state index in [0.717, 1.165) is 24.2 Å². The Kier molecular flexibility index (Phi) is 7.05. The lowest BCUT2D eigenvalue weighted by atomic mass is 10.1. The van der Waals surface area contributed by atoms with Crippen molar-refractivity contribution in [2.24, 2.45) is 0 Å². The molecule has 0 radical (unpaired) electrons. The number of piperazine rings is 1. The number of benzene rings is 3. The predicted molar refractivity (Wildman–Crippen MR) is 136 cm³/mol. The molecule has 1 heterocycles. The molecule has 1 amide bonds. The Morgan fingerprint density at radius 2 is 1.50 bits per heavy atom. The van der Waals surface area contributed by atoms with Gasteiger partial charge in [-0.3, -0.25) is 4.79 Å². The number of rotatable bonds is 6. The van der Waals surface area contributed by atoms with Gasteiger partial charge in [-0.2, -0.15) is 0 Å². The molecule has 3 aromatic carbocycles. The Morgan fingerprint density at radius 3 is 2.15 bits per heavy atom. The van der Waals surface area contributed by atoms with Gasteiger partial charge in [-0.05, 0) is 67.8 Å². The number of nitrogens with one attached hydrogen (secondary N) is 1. The predicted octanol–water partition coefficient (Wildman–Crippen LogP) is 4.05. The summed E-state index contributed by atoms with van der Waals surface area (Å²) in [7, 11) is -3.58. The van der Waals surface area contributed by atoms with Crippen molar-refractivity contribution in [1.82, 2.24) is 9.62 Å². The molecule has 0 unspecified atom stereocenters. The van der Waals surface area contributed by atoms with Crippen molar-refractivity contribution in [3.8, 4) is 0 Å². The normalized spacial score (nSPS) is 14.3. The van der Waals surface area contributed by atoms with Crippen LogP contribution in [-0.2, 0) is 16.6 Å². The highest BCUT2D eigenvalue weighted by Crippen LogP contribution is 2.24. The van der Waals surface area contributed by atoms with Crippen LogP contribution in [0, 0.1) is 20.8 Å². The summed E-state index contributed by atoms with van der Waals surface area (Å²) >= 11 is 0. The Bertz CT molecular complexity index is 1260. The number of hydrogen-bond donors (Lipinski definition) is 1. The largest absolute Gasteiger partial charge is 0.368 e. The second-order valence-electron chi connectivity index (χ2n) is 8.83. The molecule has 1 saturated heterocycles. The van der Waals surface area contributed by atoms with Gasteiger partial charge in [0.15, 0.2) is 0 Å². The minimum atomic E-state index is -3.58. The van der Waals surface area contributed by atoms with Crippen molar-refractivity contribution < 1.29 is 13.2 Å². The summed E-state index contributed by atoms with van der Waals surface area (Å²) in [6.45, 7) is 9.29. The van der Waals surface area contributed by atoms with E-state index < -0.39 is 10.0 Å². The SMILES string of the molecule is Cc1ccc(S(=O)(=O)NCc2ccc(C(=O)N3CCN(c4cccc(C)c4C)CC3)cc2)cc1. The number of aryl methyl sites for hydroxylation is 2. The first-order valence-corrected chi connectivity index (χ1v) is 13.0. The van der Waals surface area contributed by atoms with Crippen molar-refractivity contribution in [3.05, 3.63) is 94.5 Å². The molecule has 0 saturated carbocycles. The van der Waals surface area contributed by atoms with Gasteiger partial charge in [-0.1, -0.05) is 42.0 Å². The van der Waals surface area contributed by atoms with Gasteiger partial charge in [-0.25, -0.2) is 13.1 Å². The van der Waals surface area contributed by atoms with Crippen molar-refractivity contribution in [3.63, 3.8) is 0 Å². The molecule has 0 aliphatic carbocycles. The van der Waals surface area contributed by atoms with E-state index >= 15 is 0 Å². The highest BCUT2D eigenvalue weighted by molar-refractivity contribution is 7.89. The number of carbonyl (C=O) groups excluding carboxylic acids is 1. The van der Waals surface area contributed by atoms with Crippen LogP contribution in [0.5, 0.6) is 0 Å². The van der Waals surface area contributed by atoms with Crippen LogP contribution in [0.2, 0.25) is 0 Å². The molecule has 0 atom stereocenters. The molecular weight excluding hydrogens is 446 g/mol. The van der Waals surface area contributed by atoms with Gasteiger partial charge in [0.25, 0.3) is 5.91 Å². The number of carbonyl (C=O) groups is 1. The van der Waals surface area contributed by atoms with Crippen molar-refractivity contribution in [1.29, 1.82) is 0 Å². The first-order valence-electron chi connectivity index (χ1n) is 11.5. The molecule has 4 rings (SSSR count). The van der Waals surface area contributed by atoms with E-state index in [2.05, 4.69) is 41.7 Å². The van der Waals surface area contributed by atoms with E-state index in [0.29, 0.717) is 18.7 Å². The maximum absolute atomic E-state index is 13.0. The van der Waals surface area contributed by atoms with Crippen molar-refractivity contribution in [2.75, 3.05) is 31.1 Å². The molecule has 1 fully saturated rings. The highest BCUT2D eigenvalue weighted by Gasteiger charge is 2.23. The molecule has 6 nitrogen and oxygen atoms in total. The number of sulfonamides is 1. The van der Waals surface area contributed by atoms with Gasteiger partial charge in [0, 0.05) is 44.0 Å². The van der Waals surface area contributed by atoms with Crippen molar-refractivity contribution >= 4 is 21.6 Å². The number of amides is 1. The zero-order chi connectivity index (χ0) is 24.3. The Morgan fingerprint density at radius 1 is 0.853 bits per heavy atom. The Hall–Kier alpha value is -3.16. The van der Waals surface area contributed by atoms with E-state index in [9.17, 15) is 13.2 Å². The van der Waals surface area contributed by atoms with Gasteiger partial charge >= 0.3 is 0 Å². The minimum absolute atomic E-state index is 0.00685. The van der Waals surface area contributed by atoms with Gasteiger partial charge in [0.1, 0.15) is 0 Å². The van der Waals surface area contributed by atoms with Crippen LogP contribution in [0.25, 0.3) is 0 Å². The fraction of sp³-hybridized carbons (Fsp3) is 0.296. The number of nitrogens with zero attached hydrogens (tertiary/aromatic N) is 2. The Labute approximate surface area is 202 Å². The molecule has 0 spiro atoms. The van der Waals surface area contributed by atoms with Gasteiger partial charge in [0.05, 0.1) is 4.90 Å². The van der Waals surface area contributed by atoms with E-state index in [1.165, 1.54) is 16.8 Å². The van der Waals surface area contributed by atoms with Gasteiger partial charge in [-0.15, -0.1) is 0 Å². The monoisotopic (exact) mass is 477 g/mol. The Balaban J connectivity index is 1.33. The summed E-state index contributed by atoms with van der Waals surface area (Å²) in [5.41, 5.74) is 6.22. The van der Waals surface area contributed by atoms with Crippen LogP contribution in [0.3, 0.4) is 0 Å². The first-order chi connectivity index (χ1) is 16.2. The summed E-state index contributed by atoms with van der Waals surface area (Å²) in [5, 5.41) is 0. The van der Waals surface area contributed by atoms with E-state index in [1.807, 2.05) is 11.8 Å². The maximum Gasteiger partial charge on any atom is 0.253 e. The highest BCUT2D eigenvalue weighted by atomic mass is 32.2. The molecule has 7 heteroatoms. The number of hydrogen-bond acceptors (Lipinski definition) is 4. The fourth-order valence-electron chi connectivity index (χ4n) is 4.16. The third-order valence-electron chi connectivity index (χ3n) is 6.48. The van der Waals surface area contributed by atoms with Crippen LogP contribution >= 0.6 is 0 Å². The fourth-order valence-corrected chi connectivity index (χ4v) is 5.17. The molecule has 0 bridgehead atoms. The van der Waals surface area contributed by atoms with E-state index in [4.69, 9.17) is 0 Å². The third-order valence-corrected chi connectivity index (χ3v) is 7.90. The standard InChI is InChI=1S/C27H31N3O3S/c1-20-7-13-25(14-8-20)34(32,33)28-19-23-9-11-24(12-10-23)27(31)30-17-15-29(16-18-30)26-6-4-5-21(2)22(26)3/h4-14,28H,15-19H2,1-3H3. The summed E-state index contributed by atoms with van der Waals surface area (Å²) in [6, 6.07) is 20.2. The molecule has 1 N–H and O–H groups in total. The molecule has 1 aliphatic rings. The lowest BCUT2D eigenvalue weighted by Crippen LogP contribution is -2.49. The van der Waals surface area contributed by atoms with Gasteiger partial charge in [0.2, 0.25) is 10.0 Å². The lowest BCUT2D eigenvalue weighted by molar-refractivity contribution is 0.0746. The second kappa shape index (κ2) is 9.99. The molecular formula is C27H31N3O3S. The molecule has 3 aromatic rings. The average Bonchev–Trinajstić information content (AvgIpc) is 2.85. The maximum atomic E-state index is 13.0. The van der Waals surface area contributed by atoms with Gasteiger partial charge < -0.3 is 9.80 Å². The average molecular weight is 478 g/mol. The van der Waals surface area contributed by atoms with Crippen LogP contribution in [0.4, 0.5) is 5.69 Å². The summed E-state index contributed by atoms with van der Waals surface area (Å²) in [5.74, 6) is 0.00685. The topological polar surface area (TPSA) is 69.7 Å². The smallest absolute Gasteiger partial charge is 0.253 e. The summed E-state index contributed by atoms with van der Waals surface area (Å²) in [4.78, 5) is 17.5. The molecule has 178 valence electrons. The lowest BCUT2D eigenvalue weighted by Gasteiger charge is -2.37. The molecule has 1 aliphatic heterocycles. The quantitative estimate of drug-likeness (QED) is 0.582. The minimum Gasteiger partial charge on any atom is -0.368 e. The zero-order valence-corrected chi connectivity index (χ0v) is 20.7. The molecule has 34 heavy (non-hydrogen) atoms. The third kappa shape index (κ3) is 5.32. The summed E-state index contributed by atoms with van der Waals surface area (Å²) < 4.78 is 27.6. The van der Waals surface area contributed by atoms with Crippen LogP contribution in [0.15, 0.2) is 71.6 Å².